The monoisotopic (exact) mass is 394 g/mol. The second kappa shape index (κ2) is 7.48. The largest absolute Gasteiger partial charge is 0.342 e. The van der Waals surface area contributed by atoms with E-state index < -0.39 is 0 Å². The Morgan fingerprint density at radius 1 is 0.800 bits per heavy atom. The van der Waals surface area contributed by atoms with Crippen molar-refractivity contribution in [2.24, 2.45) is 0 Å². The molecule has 0 unspecified atom stereocenters. The third kappa shape index (κ3) is 3.33. The number of amides is 1. The lowest BCUT2D eigenvalue weighted by Crippen LogP contribution is -2.11. The fourth-order valence-corrected chi connectivity index (χ4v) is 3.87. The molecule has 0 spiro atoms. The van der Waals surface area contributed by atoms with Crippen LogP contribution in [0.5, 0.6) is 0 Å². The number of nitrogens with one attached hydrogen (secondary N) is 1. The third-order valence-electron chi connectivity index (χ3n) is 5.34. The first kappa shape index (κ1) is 18.1. The van der Waals surface area contributed by atoms with Gasteiger partial charge in [0.25, 0.3) is 5.91 Å². The molecule has 0 aliphatic heterocycles. The summed E-state index contributed by atoms with van der Waals surface area (Å²) in [5.41, 5.74) is 3.33. The average Bonchev–Trinajstić information content (AvgIpc) is 3.14. The highest BCUT2D eigenvalue weighted by molar-refractivity contribution is 6.15. The lowest BCUT2D eigenvalue weighted by atomic mass is 10.1. The lowest BCUT2D eigenvalue weighted by molar-refractivity contribution is 0.102. The van der Waals surface area contributed by atoms with E-state index in [1.165, 1.54) is 12.1 Å². The third-order valence-corrected chi connectivity index (χ3v) is 5.34. The Morgan fingerprint density at radius 2 is 1.50 bits per heavy atom. The van der Waals surface area contributed by atoms with Gasteiger partial charge in [0, 0.05) is 34.7 Å². The van der Waals surface area contributed by atoms with Gasteiger partial charge in [-0.1, -0.05) is 66.7 Å². The Hall–Kier alpha value is -3.92. The second-order valence-corrected chi connectivity index (χ2v) is 7.30. The van der Waals surface area contributed by atoms with Gasteiger partial charge in [-0.25, -0.2) is 4.39 Å². The summed E-state index contributed by atoms with van der Waals surface area (Å²) in [5.74, 6) is -0.410. The second-order valence-electron chi connectivity index (χ2n) is 7.30. The fraction of sp³-hybridized carbons (Fsp3) is 0.0385. The predicted octanol–water partition coefficient (Wildman–Crippen LogP) is 6.23. The van der Waals surface area contributed by atoms with E-state index in [4.69, 9.17) is 0 Å². The summed E-state index contributed by atoms with van der Waals surface area (Å²) in [6.45, 7) is 0.558. The molecule has 0 saturated carbocycles. The van der Waals surface area contributed by atoms with Crippen LogP contribution in [0.4, 0.5) is 10.1 Å². The quantitative estimate of drug-likeness (QED) is 0.385. The summed E-state index contributed by atoms with van der Waals surface area (Å²) in [7, 11) is 0. The summed E-state index contributed by atoms with van der Waals surface area (Å²) >= 11 is 0. The van der Waals surface area contributed by atoms with Crippen LogP contribution in [0.3, 0.4) is 0 Å². The van der Waals surface area contributed by atoms with Gasteiger partial charge in [0.2, 0.25) is 0 Å². The van der Waals surface area contributed by atoms with Gasteiger partial charge in [-0.3, -0.25) is 4.79 Å². The van der Waals surface area contributed by atoms with Gasteiger partial charge >= 0.3 is 0 Å². The summed E-state index contributed by atoms with van der Waals surface area (Å²) in [4.78, 5) is 13.2. The van der Waals surface area contributed by atoms with Crippen LogP contribution >= 0.6 is 0 Å². The van der Waals surface area contributed by atoms with Crippen molar-refractivity contribution in [1.82, 2.24) is 4.57 Å². The van der Waals surface area contributed by atoms with Crippen molar-refractivity contribution < 1.29 is 9.18 Å². The molecule has 1 amide bonds. The highest BCUT2D eigenvalue weighted by Gasteiger charge is 2.16. The van der Waals surface area contributed by atoms with Crippen LogP contribution in [0, 0.1) is 5.82 Å². The van der Waals surface area contributed by atoms with E-state index in [1.54, 1.807) is 12.1 Å². The maximum Gasteiger partial charge on any atom is 0.257 e. The van der Waals surface area contributed by atoms with Gasteiger partial charge in [-0.15, -0.1) is 0 Å². The fourth-order valence-electron chi connectivity index (χ4n) is 3.87. The zero-order valence-corrected chi connectivity index (χ0v) is 16.2. The van der Waals surface area contributed by atoms with Gasteiger partial charge in [0.05, 0.1) is 5.56 Å². The topological polar surface area (TPSA) is 34.0 Å². The van der Waals surface area contributed by atoms with Crippen molar-refractivity contribution in [3.63, 3.8) is 0 Å². The summed E-state index contributed by atoms with van der Waals surface area (Å²) < 4.78 is 15.3. The molecule has 0 aliphatic rings. The number of anilines is 1. The van der Waals surface area contributed by atoms with Crippen molar-refractivity contribution in [2.45, 2.75) is 6.54 Å². The van der Waals surface area contributed by atoms with E-state index in [-0.39, 0.29) is 11.7 Å². The van der Waals surface area contributed by atoms with Gasteiger partial charge in [0.1, 0.15) is 5.82 Å². The molecule has 5 aromatic rings. The van der Waals surface area contributed by atoms with E-state index in [9.17, 15) is 9.18 Å². The molecular weight excluding hydrogens is 375 g/mol. The minimum Gasteiger partial charge on any atom is -0.342 e. The number of fused-ring (bicyclic) bond motifs is 2. The number of hydrogen-bond acceptors (Lipinski definition) is 1. The molecule has 1 heterocycles. The first-order chi connectivity index (χ1) is 14.7. The van der Waals surface area contributed by atoms with Crippen LogP contribution in [0.1, 0.15) is 15.9 Å². The highest BCUT2D eigenvalue weighted by atomic mass is 19.1. The average molecular weight is 394 g/mol. The Bertz CT molecular complexity index is 1360. The molecule has 0 atom stereocenters. The van der Waals surface area contributed by atoms with Crippen molar-refractivity contribution in [3.8, 4) is 0 Å². The molecule has 4 aromatic carbocycles. The minimum absolute atomic E-state index is 0.152. The first-order valence-electron chi connectivity index (χ1n) is 9.80. The van der Waals surface area contributed by atoms with E-state index in [2.05, 4.69) is 5.32 Å². The van der Waals surface area contributed by atoms with Gasteiger partial charge < -0.3 is 9.88 Å². The van der Waals surface area contributed by atoms with Crippen molar-refractivity contribution >= 4 is 33.3 Å². The standard InChI is InChI=1S/C26H19FN2O/c27-20-14-12-18(13-15-20)16-29-17-23(22-9-3-4-11-25(22)29)26(30)28-24-10-5-7-19-6-1-2-8-21(19)24/h1-15,17H,16H2,(H,28,30). The number of halogens is 1. The Labute approximate surface area is 173 Å². The van der Waals surface area contributed by atoms with Crippen molar-refractivity contribution in [3.05, 3.63) is 114 Å². The molecule has 3 nitrogen and oxygen atoms in total. The Kier molecular flexibility index (Phi) is 4.52. The summed E-state index contributed by atoms with van der Waals surface area (Å²) in [6, 6.07) is 28.1. The van der Waals surface area contributed by atoms with Gasteiger partial charge in [-0.05, 0) is 35.2 Å². The van der Waals surface area contributed by atoms with Crippen LogP contribution in [0.15, 0.2) is 97.2 Å². The SMILES string of the molecule is O=C(Nc1cccc2ccccc12)c1cn(Cc2ccc(F)cc2)c2ccccc12. The van der Waals surface area contributed by atoms with E-state index in [1.807, 2.05) is 77.5 Å². The zero-order valence-electron chi connectivity index (χ0n) is 16.2. The number of benzene rings is 4. The molecular formula is C26H19FN2O. The number of carbonyl (C=O) groups excluding carboxylic acids is 1. The van der Waals surface area contributed by atoms with E-state index in [0.29, 0.717) is 12.1 Å². The van der Waals surface area contributed by atoms with Crippen LogP contribution in [-0.4, -0.2) is 10.5 Å². The molecule has 0 bridgehead atoms. The molecule has 30 heavy (non-hydrogen) atoms. The molecule has 0 saturated heterocycles. The Balaban J connectivity index is 1.52. The number of nitrogens with zero attached hydrogens (tertiary/aromatic N) is 1. The Morgan fingerprint density at radius 3 is 2.33 bits per heavy atom. The van der Waals surface area contributed by atoms with Crippen LogP contribution in [0.25, 0.3) is 21.7 Å². The molecule has 4 heteroatoms. The number of aromatic nitrogens is 1. The normalized spacial score (nSPS) is 11.1. The molecule has 146 valence electrons. The summed E-state index contributed by atoms with van der Waals surface area (Å²) in [5, 5.41) is 6.04. The first-order valence-corrected chi connectivity index (χ1v) is 9.80. The minimum atomic E-state index is -0.258. The lowest BCUT2D eigenvalue weighted by Gasteiger charge is -2.08. The molecule has 0 fully saturated rings. The zero-order chi connectivity index (χ0) is 20.5. The maximum absolute atomic E-state index is 13.2. The predicted molar refractivity (Wildman–Crippen MR) is 119 cm³/mol. The number of rotatable bonds is 4. The van der Waals surface area contributed by atoms with Crippen molar-refractivity contribution in [2.75, 3.05) is 5.32 Å². The van der Waals surface area contributed by atoms with Gasteiger partial charge in [0.15, 0.2) is 0 Å². The summed E-state index contributed by atoms with van der Waals surface area (Å²) in [6.07, 6.45) is 1.87. The van der Waals surface area contributed by atoms with Crippen LogP contribution < -0.4 is 5.32 Å². The van der Waals surface area contributed by atoms with Gasteiger partial charge in [-0.2, -0.15) is 0 Å². The van der Waals surface area contributed by atoms with Crippen molar-refractivity contribution in [1.29, 1.82) is 0 Å². The highest BCUT2D eigenvalue weighted by Crippen LogP contribution is 2.26. The van der Waals surface area contributed by atoms with E-state index in [0.717, 1.165) is 32.9 Å². The number of hydrogen-bond donors (Lipinski definition) is 1. The smallest absolute Gasteiger partial charge is 0.257 e. The molecule has 1 N–H and O–H groups in total. The molecule has 0 radical (unpaired) electrons. The number of carbonyl (C=O) groups is 1. The molecule has 5 rings (SSSR count). The maximum atomic E-state index is 13.2. The molecule has 0 aliphatic carbocycles. The van der Waals surface area contributed by atoms with E-state index >= 15 is 0 Å². The number of para-hydroxylation sites is 1. The van der Waals surface area contributed by atoms with Crippen LogP contribution in [-0.2, 0) is 6.54 Å². The molecule has 1 aromatic heterocycles. The van der Waals surface area contributed by atoms with Crippen LogP contribution in [0.2, 0.25) is 0 Å².